The van der Waals surface area contributed by atoms with Crippen LogP contribution in [0.25, 0.3) is 0 Å². The van der Waals surface area contributed by atoms with Crippen LogP contribution in [0.4, 0.5) is 0 Å². The summed E-state index contributed by atoms with van der Waals surface area (Å²) in [5.74, 6) is 0. The maximum atomic E-state index is 13.7. The molecule has 1 aliphatic rings. The fourth-order valence-electron chi connectivity index (χ4n) is 3.01. The number of rotatable bonds is 5. The van der Waals surface area contributed by atoms with Crippen molar-refractivity contribution in [2.75, 3.05) is 19.3 Å². The highest BCUT2D eigenvalue weighted by Crippen LogP contribution is 2.68. The summed E-state index contributed by atoms with van der Waals surface area (Å²) < 4.78 is 34.8. The molecular weight excluding hydrogens is 328 g/mol. The van der Waals surface area contributed by atoms with Crippen LogP contribution in [-0.4, -0.2) is 23.8 Å². The molecule has 23 heavy (non-hydrogen) atoms. The molecule has 0 radical (unpaired) electrons. The van der Waals surface area contributed by atoms with E-state index in [0.717, 1.165) is 11.7 Å². The van der Waals surface area contributed by atoms with Gasteiger partial charge in [0.05, 0.1) is 11.9 Å². The molecule has 1 heterocycles. The van der Waals surface area contributed by atoms with Gasteiger partial charge in [-0.05, 0) is 25.5 Å². The summed E-state index contributed by atoms with van der Waals surface area (Å²) in [6, 6.07) is 18.5. The Hall–Kier alpha value is -1.18. The molecule has 0 amide bonds. The highest BCUT2D eigenvalue weighted by molar-refractivity contribution is 7.81. The molecular formula is C17H21NO3P2. The minimum absolute atomic E-state index is 0.317. The molecule has 2 aromatic rings. The smallest absolute Gasteiger partial charge is 0.308 e. The lowest BCUT2D eigenvalue weighted by molar-refractivity contribution is 0.315. The molecule has 2 atom stereocenters. The van der Waals surface area contributed by atoms with Crippen LogP contribution in [-0.2, 0) is 13.7 Å². The van der Waals surface area contributed by atoms with Gasteiger partial charge in [0, 0.05) is 18.0 Å². The van der Waals surface area contributed by atoms with Crippen LogP contribution < -0.4 is 10.6 Å². The van der Waals surface area contributed by atoms with Gasteiger partial charge in [-0.1, -0.05) is 48.5 Å². The minimum Gasteiger partial charge on any atom is -0.314 e. The quantitative estimate of drug-likeness (QED) is 0.770. The van der Waals surface area contributed by atoms with Crippen molar-refractivity contribution in [3.05, 3.63) is 60.7 Å². The predicted molar refractivity (Wildman–Crippen MR) is 95.2 cm³/mol. The van der Waals surface area contributed by atoms with Crippen molar-refractivity contribution in [3.8, 4) is 0 Å². The lowest BCUT2D eigenvalue weighted by Gasteiger charge is -2.32. The Balaban J connectivity index is 2.10. The van der Waals surface area contributed by atoms with Crippen molar-refractivity contribution in [1.82, 2.24) is 4.44 Å². The van der Waals surface area contributed by atoms with Gasteiger partial charge >= 0.3 is 7.52 Å². The van der Waals surface area contributed by atoms with Crippen molar-refractivity contribution in [2.24, 2.45) is 0 Å². The number of hydrogen-bond acceptors (Lipinski definition) is 3. The van der Waals surface area contributed by atoms with E-state index in [1.54, 1.807) is 16.6 Å². The van der Waals surface area contributed by atoms with E-state index in [9.17, 15) is 9.13 Å². The van der Waals surface area contributed by atoms with Gasteiger partial charge in [-0.15, -0.1) is 0 Å². The predicted octanol–water partition coefficient (Wildman–Crippen LogP) is 3.85. The number of nitrogens with zero attached hydrogens (tertiary/aromatic N) is 1. The van der Waals surface area contributed by atoms with E-state index in [4.69, 9.17) is 4.52 Å². The van der Waals surface area contributed by atoms with Crippen LogP contribution in [0.2, 0.25) is 0 Å². The summed E-state index contributed by atoms with van der Waals surface area (Å²) in [7, 11) is -6.24. The molecule has 0 bridgehead atoms. The normalized spacial score (nSPS) is 24.4. The van der Waals surface area contributed by atoms with Crippen LogP contribution in [0.15, 0.2) is 60.7 Å². The lowest BCUT2D eigenvalue weighted by Crippen LogP contribution is -2.26. The van der Waals surface area contributed by atoms with Gasteiger partial charge in [-0.25, -0.2) is 0 Å². The largest absolute Gasteiger partial charge is 0.314 e. The molecule has 3 rings (SSSR count). The second-order valence-corrected chi connectivity index (χ2v) is 10.9. The third-order valence-electron chi connectivity index (χ3n) is 4.04. The molecule has 2 aromatic carbocycles. The van der Waals surface area contributed by atoms with Crippen molar-refractivity contribution >= 4 is 25.4 Å². The van der Waals surface area contributed by atoms with Gasteiger partial charge < -0.3 is 9.09 Å². The van der Waals surface area contributed by atoms with Crippen LogP contribution in [0.5, 0.6) is 0 Å². The van der Waals surface area contributed by atoms with E-state index in [2.05, 4.69) is 0 Å². The maximum Gasteiger partial charge on any atom is 0.308 e. The molecule has 0 spiro atoms. The van der Waals surface area contributed by atoms with Crippen molar-refractivity contribution in [1.29, 1.82) is 0 Å². The van der Waals surface area contributed by atoms with Crippen LogP contribution in [0, 0.1) is 0 Å². The van der Waals surface area contributed by atoms with Gasteiger partial charge in [0.15, 0.2) is 7.29 Å². The van der Waals surface area contributed by atoms with E-state index < -0.39 is 14.8 Å². The standard InChI is InChI=1S/C17H21NO3P2/c1-2-21-23(20,17-12-7-4-8-13-17)18-14-9-15-22(18,19)16-10-5-3-6-11-16/h3-8,10-13H,2,9,14-15H2,1H3. The average Bonchev–Trinajstić information content (AvgIpc) is 3.00. The third-order valence-corrected chi connectivity index (χ3v) is 11.0. The van der Waals surface area contributed by atoms with Crippen molar-refractivity contribution in [3.63, 3.8) is 0 Å². The van der Waals surface area contributed by atoms with Gasteiger partial charge in [-0.3, -0.25) is 4.57 Å². The van der Waals surface area contributed by atoms with Gasteiger partial charge in [0.1, 0.15) is 0 Å². The van der Waals surface area contributed by atoms with E-state index >= 15 is 0 Å². The van der Waals surface area contributed by atoms with E-state index in [1.807, 2.05) is 55.5 Å². The Morgan fingerprint density at radius 1 is 1.09 bits per heavy atom. The summed E-state index contributed by atoms with van der Waals surface area (Å²) in [5, 5.41) is 1.37. The van der Waals surface area contributed by atoms with Gasteiger partial charge in [0.2, 0.25) is 0 Å². The van der Waals surface area contributed by atoms with Gasteiger partial charge in [-0.2, -0.15) is 4.44 Å². The summed E-state index contributed by atoms with van der Waals surface area (Å²) in [6.07, 6.45) is 1.30. The monoisotopic (exact) mass is 349 g/mol. The first-order valence-electron chi connectivity index (χ1n) is 7.84. The second-order valence-electron chi connectivity index (χ2n) is 5.48. The zero-order chi connectivity index (χ0) is 16.3. The molecule has 0 aromatic heterocycles. The Bertz CT molecular complexity index is 749. The first kappa shape index (κ1) is 16.7. The highest BCUT2D eigenvalue weighted by atomic mass is 31.2. The van der Waals surface area contributed by atoms with E-state index in [-0.39, 0.29) is 0 Å². The zero-order valence-corrected chi connectivity index (χ0v) is 15.0. The van der Waals surface area contributed by atoms with Crippen LogP contribution >= 0.6 is 14.8 Å². The molecule has 4 nitrogen and oxygen atoms in total. The summed E-state index contributed by atoms with van der Waals surface area (Å²) in [5.41, 5.74) is 0. The van der Waals surface area contributed by atoms with Gasteiger partial charge in [0.25, 0.3) is 0 Å². The SMILES string of the molecule is CCOP(=O)(c1ccccc1)N1CCCP1(=O)c1ccccc1. The first-order chi connectivity index (χ1) is 11.1. The zero-order valence-electron chi connectivity index (χ0n) is 13.2. The summed E-state index contributed by atoms with van der Waals surface area (Å²) >= 11 is 0. The van der Waals surface area contributed by atoms with E-state index in [0.29, 0.717) is 24.6 Å². The molecule has 1 aliphatic heterocycles. The summed E-state index contributed by atoms with van der Waals surface area (Å²) in [6.45, 7) is 2.66. The number of benzene rings is 2. The lowest BCUT2D eigenvalue weighted by atomic mass is 10.4. The highest BCUT2D eigenvalue weighted by Gasteiger charge is 2.48. The fourth-order valence-corrected chi connectivity index (χ4v) is 9.86. The molecule has 2 unspecified atom stereocenters. The molecule has 0 saturated carbocycles. The van der Waals surface area contributed by atoms with Crippen LogP contribution in [0.3, 0.4) is 0 Å². The summed E-state index contributed by atoms with van der Waals surface area (Å²) in [4.78, 5) is 0. The number of hydrogen-bond donors (Lipinski definition) is 0. The second kappa shape index (κ2) is 6.75. The Kier molecular flexibility index (Phi) is 4.89. The Labute approximate surface area is 137 Å². The van der Waals surface area contributed by atoms with E-state index in [1.165, 1.54) is 0 Å². The Morgan fingerprint density at radius 2 is 1.70 bits per heavy atom. The molecule has 1 saturated heterocycles. The van der Waals surface area contributed by atoms with Crippen molar-refractivity contribution in [2.45, 2.75) is 13.3 Å². The third kappa shape index (κ3) is 2.97. The molecule has 0 N–H and O–H groups in total. The van der Waals surface area contributed by atoms with Crippen molar-refractivity contribution < 1.29 is 13.7 Å². The molecule has 122 valence electrons. The topological polar surface area (TPSA) is 46.6 Å². The van der Waals surface area contributed by atoms with Crippen LogP contribution in [0.1, 0.15) is 13.3 Å². The Morgan fingerprint density at radius 3 is 2.30 bits per heavy atom. The maximum absolute atomic E-state index is 13.7. The fraction of sp³-hybridized carbons (Fsp3) is 0.294. The minimum atomic E-state index is -3.34. The average molecular weight is 349 g/mol. The molecule has 6 heteroatoms. The molecule has 1 fully saturated rings. The molecule has 0 aliphatic carbocycles. The first-order valence-corrected chi connectivity index (χ1v) is 11.3.